The summed E-state index contributed by atoms with van der Waals surface area (Å²) >= 11 is 4.89. The van der Waals surface area contributed by atoms with E-state index >= 15 is 0 Å². The van der Waals surface area contributed by atoms with Crippen molar-refractivity contribution in [2.45, 2.75) is 39.2 Å². The number of carbonyl (C=O) groups is 1. The molecule has 4 nitrogen and oxygen atoms in total. The van der Waals surface area contributed by atoms with Crippen LogP contribution in [0.5, 0.6) is 0 Å². The predicted octanol–water partition coefficient (Wildman–Crippen LogP) is 1.28. The van der Waals surface area contributed by atoms with Crippen molar-refractivity contribution < 1.29 is 9.53 Å². The first-order valence-electron chi connectivity index (χ1n) is 5.57. The summed E-state index contributed by atoms with van der Waals surface area (Å²) in [5, 5.41) is 0.419. The van der Waals surface area contributed by atoms with Gasteiger partial charge in [-0.25, -0.2) is 0 Å². The first-order valence-corrected chi connectivity index (χ1v) is 5.97. The highest BCUT2D eigenvalue weighted by Gasteiger charge is 2.29. The van der Waals surface area contributed by atoms with Crippen molar-refractivity contribution in [2.75, 3.05) is 13.1 Å². The molecule has 1 rings (SSSR count). The molecule has 0 amide bonds. The molecule has 0 aromatic rings. The van der Waals surface area contributed by atoms with Crippen molar-refractivity contribution >= 4 is 23.3 Å². The van der Waals surface area contributed by atoms with Gasteiger partial charge in [-0.05, 0) is 45.8 Å². The average Bonchev–Trinajstić information content (AvgIpc) is 2.15. The normalized spacial score (nSPS) is 18.3. The largest absolute Gasteiger partial charge is 0.460 e. The summed E-state index contributed by atoms with van der Waals surface area (Å²) in [6.45, 7) is 7.15. The van der Waals surface area contributed by atoms with E-state index in [-0.39, 0.29) is 11.9 Å². The molecule has 1 saturated heterocycles. The van der Waals surface area contributed by atoms with Crippen molar-refractivity contribution in [3.63, 3.8) is 0 Å². The van der Waals surface area contributed by atoms with E-state index in [4.69, 9.17) is 22.7 Å². The Balaban J connectivity index is 2.42. The van der Waals surface area contributed by atoms with E-state index in [1.807, 2.05) is 25.7 Å². The van der Waals surface area contributed by atoms with Gasteiger partial charge < -0.3 is 15.4 Å². The van der Waals surface area contributed by atoms with Crippen LogP contribution in [0.25, 0.3) is 0 Å². The Hall–Kier alpha value is -0.840. The second-order valence-electron chi connectivity index (χ2n) is 5.13. The lowest BCUT2D eigenvalue weighted by Crippen LogP contribution is -2.43. The highest BCUT2D eigenvalue weighted by molar-refractivity contribution is 7.80. The third kappa shape index (κ3) is 3.96. The Bertz CT molecular complexity index is 278. The zero-order chi connectivity index (χ0) is 12.3. The quantitative estimate of drug-likeness (QED) is 0.556. The Morgan fingerprint density at radius 3 is 2.25 bits per heavy atom. The molecule has 1 aliphatic heterocycles. The van der Waals surface area contributed by atoms with E-state index in [2.05, 4.69) is 0 Å². The van der Waals surface area contributed by atoms with Crippen LogP contribution in [0.4, 0.5) is 0 Å². The number of nitrogens with zero attached hydrogens (tertiary/aromatic N) is 1. The molecule has 1 aliphatic rings. The third-order valence-electron chi connectivity index (χ3n) is 2.55. The second kappa shape index (κ2) is 4.99. The first kappa shape index (κ1) is 13.2. The van der Waals surface area contributed by atoms with Crippen molar-refractivity contribution in [1.82, 2.24) is 4.90 Å². The maximum atomic E-state index is 11.8. The summed E-state index contributed by atoms with van der Waals surface area (Å²) in [5.41, 5.74) is 5.13. The van der Waals surface area contributed by atoms with Crippen LogP contribution in [-0.4, -0.2) is 34.7 Å². The standard InChI is InChI=1S/C11H20N2O2S/c1-11(2,3)15-9(14)8-4-6-13(7-5-8)10(12)16/h8H,4-7H2,1-3H3,(H2,12,16). The number of thiocarbonyl (C=S) groups is 1. The number of ether oxygens (including phenoxy) is 1. The van der Waals surface area contributed by atoms with Gasteiger partial charge in [0.25, 0.3) is 0 Å². The molecule has 0 radical (unpaired) electrons. The van der Waals surface area contributed by atoms with Gasteiger partial charge >= 0.3 is 5.97 Å². The fraction of sp³-hybridized carbons (Fsp3) is 0.818. The molecule has 0 aliphatic carbocycles. The Morgan fingerprint density at radius 1 is 1.38 bits per heavy atom. The van der Waals surface area contributed by atoms with E-state index in [0.717, 1.165) is 25.9 Å². The van der Waals surface area contributed by atoms with Gasteiger partial charge in [0.2, 0.25) is 0 Å². The van der Waals surface area contributed by atoms with Crippen LogP contribution in [-0.2, 0) is 9.53 Å². The van der Waals surface area contributed by atoms with Gasteiger partial charge in [0.05, 0.1) is 5.92 Å². The van der Waals surface area contributed by atoms with Crippen LogP contribution in [0.2, 0.25) is 0 Å². The lowest BCUT2D eigenvalue weighted by Gasteiger charge is -2.32. The molecule has 92 valence electrons. The first-order chi connectivity index (χ1) is 7.29. The Kier molecular flexibility index (Phi) is 4.13. The maximum Gasteiger partial charge on any atom is 0.309 e. The Morgan fingerprint density at radius 2 is 1.88 bits per heavy atom. The van der Waals surface area contributed by atoms with Crippen LogP contribution in [0.1, 0.15) is 33.6 Å². The number of piperidine rings is 1. The third-order valence-corrected chi connectivity index (χ3v) is 2.80. The number of hydrogen-bond acceptors (Lipinski definition) is 3. The van der Waals surface area contributed by atoms with Crippen LogP contribution >= 0.6 is 12.2 Å². The molecule has 1 heterocycles. The number of rotatable bonds is 1. The van der Waals surface area contributed by atoms with Gasteiger partial charge in [0.15, 0.2) is 5.11 Å². The monoisotopic (exact) mass is 244 g/mol. The minimum Gasteiger partial charge on any atom is -0.460 e. The zero-order valence-corrected chi connectivity index (χ0v) is 11.0. The number of likely N-dealkylation sites (tertiary alicyclic amines) is 1. The van der Waals surface area contributed by atoms with Gasteiger partial charge in [-0.2, -0.15) is 0 Å². The van der Waals surface area contributed by atoms with Gasteiger partial charge in [-0.15, -0.1) is 0 Å². The minimum absolute atomic E-state index is 0.00942. The molecule has 2 N–H and O–H groups in total. The molecule has 1 fully saturated rings. The van der Waals surface area contributed by atoms with Crippen LogP contribution in [0.3, 0.4) is 0 Å². The van der Waals surface area contributed by atoms with Crippen molar-refractivity contribution in [3.05, 3.63) is 0 Å². The highest BCUT2D eigenvalue weighted by atomic mass is 32.1. The zero-order valence-electron chi connectivity index (χ0n) is 10.2. The molecule has 0 aromatic carbocycles. The van der Waals surface area contributed by atoms with E-state index in [9.17, 15) is 4.79 Å². The average molecular weight is 244 g/mol. The van der Waals surface area contributed by atoms with Crippen LogP contribution < -0.4 is 5.73 Å². The number of hydrogen-bond donors (Lipinski definition) is 1. The summed E-state index contributed by atoms with van der Waals surface area (Å²) < 4.78 is 5.35. The van der Waals surface area contributed by atoms with Gasteiger partial charge in [0.1, 0.15) is 5.60 Å². The molecular weight excluding hydrogens is 224 g/mol. The SMILES string of the molecule is CC(C)(C)OC(=O)C1CCN(C(N)=S)CC1. The lowest BCUT2D eigenvalue weighted by molar-refractivity contribution is -0.161. The second-order valence-corrected chi connectivity index (χ2v) is 5.55. The van der Waals surface area contributed by atoms with Crippen molar-refractivity contribution in [1.29, 1.82) is 0 Å². The van der Waals surface area contributed by atoms with Gasteiger partial charge in [0, 0.05) is 13.1 Å². The summed E-state index contributed by atoms with van der Waals surface area (Å²) in [5.74, 6) is -0.111. The summed E-state index contributed by atoms with van der Waals surface area (Å²) in [4.78, 5) is 13.7. The molecule has 16 heavy (non-hydrogen) atoms. The fourth-order valence-electron chi connectivity index (χ4n) is 1.72. The molecule has 0 unspecified atom stereocenters. The van der Waals surface area contributed by atoms with E-state index < -0.39 is 5.60 Å². The molecule has 0 spiro atoms. The molecule has 0 aromatic heterocycles. The summed E-state index contributed by atoms with van der Waals surface area (Å²) in [6, 6.07) is 0. The smallest absolute Gasteiger partial charge is 0.309 e. The number of carbonyl (C=O) groups excluding carboxylic acids is 1. The summed E-state index contributed by atoms with van der Waals surface area (Å²) in [6.07, 6.45) is 1.54. The van der Waals surface area contributed by atoms with Gasteiger partial charge in [-0.1, -0.05) is 0 Å². The number of esters is 1. The molecule has 0 saturated carbocycles. The molecule has 0 bridgehead atoms. The van der Waals surface area contributed by atoms with Crippen LogP contribution in [0.15, 0.2) is 0 Å². The lowest BCUT2D eigenvalue weighted by atomic mass is 9.97. The maximum absolute atomic E-state index is 11.8. The highest BCUT2D eigenvalue weighted by Crippen LogP contribution is 2.21. The fourth-order valence-corrected chi connectivity index (χ4v) is 1.90. The topological polar surface area (TPSA) is 55.6 Å². The predicted molar refractivity (Wildman–Crippen MR) is 66.9 cm³/mol. The number of nitrogens with two attached hydrogens (primary N) is 1. The Labute approximate surface area is 102 Å². The molecular formula is C11H20N2O2S. The van der Waals surface area contributed by atoms with E-state index in [1.165, 1.54) is 0 Å². The van der Waals surface area contributed by atoms with Crippen molar-refractivity contribution in [3.8, 4) is 0 Å². The van der Waals surface area contributed by atoms with Crippen LogP contribution in [0, 0.1) is 5.92 Å². The molecule has 0 atom stereocenters. The van der Waals surface area contributed by atoms with E-state index in [0.29, 0.717) is 5.11 Å². The summed E-state index contributed by atoms with van der Waals surface area (Å²) in [7, 11) is 0. The minimum atomic E-state index is -0.405. The van der Waals surface area contributed by atoms with Crippen molar-refractivity contribution in [2.24, 2.45) is 11.7 Å². The van der Waals surface area contributed by atoms with E-state index in [1.54, 1.807) is 0 Å². The van der Waals surface area contributed by atoms with Gasteiger partial charge in [-0.3, -0.25) is 4.79 Å². The molecule has 5 heteroatoms.